The first-order chi connectivity index (χ1) is 12.5. The number of aryl methyl sites for hydroxylation is 1. The Bertz CT molecular complexity index is 1050. The highest BCUT2D eigenvalue weighted by Crippen LogP contribution is 2.15. The first-order valence-corrected chi connectivity index (χ1v) is 8.29. The van der Waals surface area contributed by atoms with Crippen LogP contribution in [0, 0.1) is 5.82 Å². The predicted octanol–water partition coefficient (Wildman–Crippen LogP) is 2.27. The largest absolute Gasteiger partial charge is 0.313 e. The number of carbonyl (C=O) groups is 1. The normalized spacial score (nSPS) is 10.8. The second kappa shape index (κ2) is 7.35. The second-order valence-electron chi connectivity index (χ2n) is 5.81. The fourth-order valence-electron chi connectivity index (χ4n) is 2.87. The van der Waals surface area contributed by atoms with Gasteiger partial charge >= 0.3 is 0 Å². The number of halogens is 1. The molecule has 0 saturated carbocycles. The number of nitrogens with zero attached hydrogens (tertiary/aromatic N) is 2. The van der Waals surface area contributed by atoms with E-state index in [4.69, 9.17) is 0 Å². The van der Waals surface area contributed by atoms with Gasteiger partial charge in [-0.05, 0) is 43.3 Å². The minimum atomic E-state index is -0.377. The van der Waals surface area contributed by atoms with E-state index in [1.54, 1.807) is 24.3 Å². The van der Waals surface area contributed by atoms with Crippen molar-refractivity contribution in [1.29, 1.82) is 0 Å². The average molecular weight is 355 g/mol. The van der Waals surface area contributed by atoms with E-state index >= 15 is 0 Å². The molecule has 1 amide bonds. The Morgan fingerprint density at radius 2 is 1.73 bits per heavy atom. The van der Waals surface area contributed by atoms with E-state index in [9.17, 15) is 18.8 Å². The Morgan fingerprint density at radius 1 is 1.08 bits per heavy atom. The van der Waals surface area contributed by atoms with Gasteiger partial charge in [0.2, 0.25) is 5.91 Å². The second-order valence-corrected chi connectivity index (χ2v) is 5.81. The molecule has 0 fully saturated rings. The number of rotatable bonds is 5. The summed E-state index contributed by atoms with van der Waals surface area (Å²) < 4.78 is 14.2. The fraction of sp³-hybridized carbons (Fsp3) is 0.211. The van der Waals surface area contributed by atoms with Crippen molar-refractivity contribution in [2.24, 2.45) is 0 Å². The number of H-pyrrole nitrogens is 1. The number of hydrogen-bond acceptors (Lipinski definition) is 3. The molecule has 0 spiro atoms. The quantitative estimate of drug-likeness (QED) is 0.763. The average Bonchev–Trinajstić information content (AvgIpc) is 2.65. The molecule has 2 aromatic carbocycles. The maximum Gasteiger partial charge on any atom is 0.273 e. The van der Waals surface area contributed by atoms with Gasteiger partial charge in [-0.25, -0.2) is 9.07 Å². The maximum absolute atomic E-state index is 13.1. The van der Waals surface area contributed by atoms with Crippen LogP contribution in [-0.4, -0.2) is 22.2 Å². The zero-order chi connectivity index (χ0) is 18.7. The van der Waals surface area contributed by atoms with Crippen LogP contribution in [0.25, 0.3) is 10.8 Å². The Morgan fingerprint density at radius 3 is 2.38 bits per heavy atom. The number of amides is 1. The van der Waals surface area contributed by atoms with Gasteiger partial charge in [0.05, 0.1) is 17.3 Å². The van der Waals surface area contributed by atoms with Gasteiger partial charge in [0, 0.05) is 18.7 Å². The smallest absolute Gasteiger partial charge is 0.273 e. The Hall–Kier alpha value is -3.22. The highest BCUT2D eigenvalue weighted by atomic mass is 19.1. The summed E-state index contributed by atoms with van der Waals surface area (Å²) in [6, 6.07) is 12.2. The lowest BCUT2D eigenvalue weighted by molar-refractivity contribution is -0.118. The van der Waals surface area contributed by atoms with E-state index in [0.29, 0.717) is 23.0 Å². The highest BCUT2D eigenvalue weighted by Gasteiger charge is 2.15. The minimum Gasteiger partial charge on any atom is -0.313 e. The lowest BCUT2D eigenvalue weighted by Gasteiger charge is -2.21. The van der Waals surface area contributed by atoms with Crippen LogP contribution >= 0.6 is 0 Å². The molecule has 1 aromatic heterocycles. The van der Waals surface area contributed by atoms with Gasteiger partial charge in [-0.2, -0.15) is 0 Å². The molecule has 0 unspecified atom stereocenters. The molecule has 1 N–H and O–H groups in total. The Labute approximate surface area is 148 Å². The molecule has 26 heavy (non-hydrogen) atoms. The molecular formula is C19H18FN3O3. The molecule has 0 bridgehead atoms. The first kappa shape index (κ1) is 17.6. The van der Waals surface area contributed by atoms with Crippen LogP contribution in [0.1, 0.15) is 13.3 Å². The number of nitrogens with one attached hydrogen (secondary N) is 1. The van der Waals surface area contributed by atoms with Crippen LogP contribution in [0.15, 0.2) is 58.1 Å². The zero-order valence-electron chi connectivity index (χ0n) is 14.2. The lowest BCUT2D eigenvalue weighted by atomic mass is 10.2. The van der Waals surface area contributed by atoms with Crippen LogP contribution in [0.4, 0.5) is 10.1 Å². The van der Waals surface area contributed by atoms with Crippen LogP contribution in [-0.2, 0) is 11.3 Å². The van der Waals surface area contributed by atoms with Gasteiger partial charge in [0.15, 0.2) is 0 Å². The van der Waals surface area contributed by atoms with Gasteiger partial charge in [0.25, 0.3) is 11.1 Å². The molecule has 134 valence electrons. The van der Waals surface area contributed by atoms with E-state index in [1.165, 1.54) is 29.2 Å². The topological polar surface area (TPSA) is 75.2 Å². The van der Waals surface area contributed by atoms with Gasteiger partial charge < -0.3 is 4.90 Å². The van der Waals surface area contributed by atoms with Gasteiger partial charge in [0.1, 0.15) is 5.82 Å². The van der Waals surface area contributed by atoms with E-state index in [1.807, 2.05) is 6.92 Å². The molecule has 6 nitrogen and oxygen atoms in total. The number of aromatic nitrogens is 2. The molecule has 0 aliphatic rings. The SMILES string of the molecule is CCN(C(=O)CCn1[nH]c(=O)c2ccccc2c1=O)c1ccc(F)cc1. The number of hydrogen-bond donors (Lipinski definition) is 1. The van der Waals surface area contributed by atoms with E-state index in [2.05, 4.69) is 5.10 Å². The number of benzene rings is 2. The lowest BCUT2D eigenvalue weighted by Crippen LogP contribution is -2.34. The standard InChI is InChI=1S/C19H18FN3O3/c1-2-22(14-9-7-13(20)8-10-14)17(24)11-12-23-19(26)16-6-4-3-5-15(16)18(25)21-23/h3-10H,2,11-12H2,1H3,(H,21,25). The van der Waals surface area contributed by atoms with Crippen molar-refractivity contribution in [3.05, 3.63) is 75.1 Å². The third kappa shape index (κ3) is 3.42. The molecular weight excluding hydrogens is 337 g/mol. The third-order valence-electron chi connectivity index (χ3n) is 4.19. The number of anilines is 1. The summed E-state index contributed by atoms with van der Waals surface area (Å²) in [6.45, 7) is 2.27. The summed E-state index contributed by atoms with van der Waals surface area (Å²) in [4.78, 5) is 38.6. The van der Waals surface area contributed by atoms with Crippen molar-refractivity contribution >= 4 is 22.4 Å². The van der Waals surface area contributed by atoms with Crippen LogP contribution in [0.5, 0.6) is 0 Å². The maximum atomic E-state index is 13.1. The fourth-order valence-corrected chi connectivity index (χ4v) is 2.87. The predicted molar refractivity (Wildman–Crippen MR) is 97.9 cm³/mol. The first-order valence-electron chi connectivity index (χ1n) is 8.29. The molecule has 0 saturated heterocycles. The third-order valence-corrected chi connectivity index (χ3v) is 4.19. The van der Waals surface area contributed by atoms with E-state index < -0.39 is 0 Å². The number of aromatic amines is 1. The van der Waals surface area contributed by atoms with Crippen molar-refractivity contribution in [2.45, 2.75) is 19.9 Å². The summed E-state index contributed by atoms with van der Waals surface area (Å²) >= 11 is 0. The van der Waals surface area contributed by atoms with Crippen LogP contribution in [0.2, 0.25) is 0 Å². The summed E-state index contributed by atoms with van der Waals surface area (Å²) in [5.74, 6) is -0.599. The Kier molecular flexibility index (Phi) is 4.97. The van der Waals surface area contributed by atoms with Crippen LogP contribution in [0.3, 0.4) is 0 Å². The summed E-state index contributed by atoms with van der Waals surface area (Å²) in [5, 5.41) is 3.14. The molecule has 3 aromatic rings. The van der Waals surface area contributed by atoms with Gasteiger partial charge in [-0.1, -0.05) is 12.1 Å². The van der Waals surface area contributed by atoms with Crippen molar-refractivity contribution in [3.8, 4) is 0 Å². The number of carbonyl (C=O) groups excluding carboxylic acids is 1. The van der Waals surface area contributed by atoms with Crippen molar-refractivity contribution < 1.29 is 9.18 Å². The molecule has 0 aliphatic heterocycles. The zero-order valence-corrected chi connectivity index (χ0v) is 14.2. The monoisotopic (exact) mass is 355 g/mol. The Balaban J connectivity index is 1.82. The van der Waals surface area contributed by atoms with Gasteiger partial charge in [-0.3, -0.25) is 19.5 Å². The van der Waals surface area contributed by atoms with Crippen molar-refractivity contribution in [3.63, 3.8) is 0 Å². The highest BCUT2D eigenvalue weighted by molar-refractivity contribution is 5.93. The summed E-state index contributed by atoms with van der Waals surface area (Å²) in [5.41, 5.74) is -0.144. The van der Waals surface area contributed by atoms with Crippen LogP contribution < -0.4 is 16.0 Å². The summed E-state index contributed by atoms with van der Waals surface area (Å²) in [7, 11) is 0. The molecule has 7 heteroatoms. The van der Waals surface area contributed by atoms with E-state index in [-0.39, 0.29) is 35.8 Å². The molecule has 1 heterocycles. The minimum absolute atomic E-state index is 0.0272. The molecule has 3 rings (SSSR count). The van der Waals surface area contributed by atoms with Crippen molar-refractivity contribution in [2.75, 3.05) is 11.4 Å². The van der Waals surface area contributed by atoms with Gasteiger partial charge in [-0.15, -0.1) is 0 Å². The number of fused-ring (bicyclic) bond motifs is 1. The molecule has 0 atom stereocenters. The van der Waals surface area contributed by atoms with Crippen molar-refractivity contribution in [1.82, 2.24) is 9.78 Å². The summed E-state index contributed by atoms with van der Waals surface area (Å²) in [6.07, 6.45) is 0.0272. The molecule has 0 radical (unpaired) electrons. The molecule has 0 aliphatic carbocycles. The van der Waals surface area contributed by atoms with E-state index in [0.717, 1.165) is 4.68 Å².